The molecule has 0 unspecified atom stereocenters. The Balaban J connectivity index is 2.68. The molecule has 2 aromatic rings. The average molecular weight is 304 g/mol. The maximum absolute atomic E-state index is 5.45. The van der Waals surface area contributed by atoms with E-state index in [2.05, 4.69) is 37.9 Å². The molecule has 0 aliphatic carbocycles. The van der Waals surface area contributed by atoms with Crippen molar-refractivity contribution in [3.8, 4) is 5.75 Å². The third-order valence-electron chi connectivity index (χ3n) is 1.76. The Kier molecular flexibility index (Phi) is 2.53. The number of hydrogen-bond acceptors (Lipinski definition) is 4. The van der Waals surface area contributed by atoms with E-state index in [-0.39, 0.29) is 0 Å². The topological polar surface area (TPSA) is 52.3 Å². The molecular weight excluding hydrogens is 295 g/mol. The molecule has 2 heterocycles. The van der Waals surface area contributed by atoms with Gasteiger partial charge >= 0.3 is 0 Å². The fourth-order valence-electron chi connectivity index (χ4n) is 1.19. The van der Waals surface area contributed by atoms with Gasteiger partial charge in [-0.05, 0) is 36.4 Å². The molecule has 0 aromatic carbocycles. The molecule has 0 fully saturated rings. The van der Waals surface area contributed by atoms with Gasteiger partial charge in [0.05, 0.1) is 6.61 Å². The van der Waals surface area contributed by atoms with Crippen LogP contribution in [0.5, 0.6) is 5.75 Å². The fraction of sp³-hybridized carbons (Fsp3) is 0.375. The number of halogens is 1. The summed E-state index contributed by atoms with van der Waals surface area (Å²) in [5.41, 5.74) is 0.671. The molecule has 0 radical (unpaired) electrons. The van der Waals surface area contributed by atoms with Gasteiger partial charge in [-0.15, -0.1) is 10.2 Å². The van der Waals surface area contributed by atoms with Crippen molar-refractivity contribution in [1.82, 2.24) is 19.8 Å². The number of aryl methyl sites for hydroxylation is 1. The predicted octanol–water partition coefficient (Wildman–Crippen LogP) is 1.44. The van der Waals surface area contributed by atoms with E-state index in [9.17, 15) is 0 Å². The van der Waals surface area contributed by atoms with Crippen molar-refractivity contribution in [1.29, 1.82) is 0 Å². The van der Waals surface area contributed by atoms with Crippen LogP contribution in [0.4, 0.5) is 0 Å². The molecule has 0 saturated carbocycles. The van der Waals surface area contributed by atoms with Crippen LogP contribution in [0.2, 0.25) is 0 Å². The highest BCUT2D eigenvalue weighted by Crippen LogP contribution is 2.19. The first kappa shape index (κ1) is 9.63. The second kappa shape index (κ2) is 3.68. The SMILES string of the molecule is CCOc1cc(I)nn2c(C)nnc12. The molecule has 0 atom stereocenters. The zero-order valence-electron chi connectivity index (χ0n) is 7.86. The zero-order chi connectivity index (χ0) is 10.1. The number of rotatable bonds is 2. The summed E-state index contributed by atoms with van der Waals surface area (Å²) in [5.74, 6) is 1.49. The van der Waals surface area contributed by atoms with E-state index >= 15 is 0 Å². The summed E-state index contributed by atoms with van der Waals surface area (Å²) in [5, 5.41) is 12.2. The number of hydrogen-bond donors (Lipinski definition) is 0. The number of aromatic nitrogens is 4. The van der Waals surface area contributed by atoms with Crippen molar-refractivity contribution in [2.45, 2.75) is 13.8 Å². The minimum absolute atomic E-state index is 0.613. The second-order valence-corrected chi connectivity index (χ2v) is 3.85. The third-order valence-corrected chi connectivity index (χ3v) is 2.29. The quantitative estimate of drug-likeness (QED) is 0.788. The van der Waals surface area contributed by atoms with E-state index in [0.717, 1.165) is 15.3 Å². The summed E-state index contributed by atoms with van der Waals surface area (Å²) in [4.78, 5) is 0. The van der Waals surface area contributed by atoms with Gasteiger partial charge in [0.15, 0.2) is 11.6 Å². The molecule has 0 saturated heterocycles. The zero-order valence-corrected chi connectivity index (χ0v) is 10.0. The van der Waals surface area contributed by atoms with Crippen LogP contribution in [0, 0.1) is 10.6 Å². The average Bonchev–Trinajstić information content (AvgIpc) is 2.49. The molecule has 2 rings (SSSR count). The van der Waals surface area contributed by atoms with Crippen LogP contribution in [0.25, 0.3) is 5.65 Å². The van der Waals surface area contributed by atoms with Gasteiger partial charge in [-0.1, -0.05) is 0 Å². The normalized spacial score (nSPS) is 10.8. The highest BCUT2D eigenvalue weighted by Gasteiger charge is 2.09. The van der Waals surface area contributed by atoms with Crippen LogP contribution in [0.3, 0.4) is 0 Å². The second-order valence-electron chi connectivity index (χ2n) is 2.75. The first-order valence-corrected chi connectivity index (χ1v) is 5.31. The molecule has 74 valence electrons. The summed E-state index contributed by atoms with van der Waals surface area (Å²) >= 11 is 2.14. The summed E-state index contributed by atoms with van der Waals surface area (Å²) < 4.78 is 7.99. The van der Waals surface area contributed by atoms with E-state index in [1.165, 1.54) is 0 Å². The Labute approximate surface area is 94.6 Å². The Hall–Kier alpha value is -0.920. The molecule has 0 bridgehead atoms. The maximum atomic E-state index is 5.45. The maximum Gasteiger partial charge on any atom is 0.220 e. The van der Waals surface area contributed by atoms with Crippen molar-refractivity contribution >= 4 is 28.2 Å². The van der Waals surface area contributed by atoms with Gasteiger partial charge in [-0.25, -0.2) is 0 Å². The van der Waals surface area contributed by atoms with Crippen molar-refractivity contribution in [2.24, 2.45) is 0 Å². The number of nitrogens with zero attached hydrogens (tertiary/aromatic N) is 4. The van der Waals surface area contributed by atoms with E-state index in [1.54, 1.807) is 4.52 Å². The minimum Gasteiger partial charge on any atom is -0.490 e. The summed E-state index contributed by atoms with van der Waals surface area (Å²) in [6.07, 6.45) is 0. The van der Waals surface area contributed by atoms with Crippen LogP contribution in [-0.4, -0.2) is 26.4 Å². The lowest BCUT2D eigenvalue weighted by atomic mass is 10.5. The van der Waals surface area contributed by atoms with Gasteiger partial charge in [0.25, 0.3) is 0 Å². The molecule has 6 heteroatoms. The van der Waals surface area contributed by atoms with Crippen LogP contribution in [-0.2, 0) is 0 Å². The predicted molar refractivity (Wildman–Crippen MR) is 59.4 cm³/mol. The Morgan fingerprint density at radius 1 is 1.50 bits per heavy atom. The monoisotopic (exact) mass is 304 g/mol. The standard InChI is InChI=1S/C8H9IN4O/c1-3-14-6-4-7(9)12-13-5(2)10-11-8(6)13/h4H,3H2,1-2H3. The molecule has 0 aliphatic heterocycles. The highest BCUT2D eigenvalue weighted by molar-refractivity contribution is 14.1. The van der Waals surface area contributed by atoms with Gasteiger partial charge in [0.1, 0.15) is 3.70 Å². The molecule has 14 heavy (non-hydrogen) atoms. The van der Waals surface area contributed by atoms with Gasteiger partial charge in [-0.3, -0.25) is 0 Å². The smallest absolute Gasteiger partial charge is 0.220 e. The Morgan fingerprint density at radius 2 is 2.29 bits per heavy atom. The number of ether oxygens (including phenoxy) is 1. The van der Waals surface area contributed by atoms with Gasteiger partial charge in [0, 0.05) is 6.07 Å². The van der Waals surface area contributed by atoms with Crippen LogP contribution >= 0.6 is 22.6 Å². The Bertz CT molecular complexity index is 468. The Morgan fingerprint density at radius 3 is 3.00 bits per heavy atom. The summed E-state index contributed by atoms with van der Waals surface area (Å²) in [6, 6.07) is 1.85. The summed E-state index contributed by atoms with van der Waals surface area (Å²) in [6.45, 7) is 4.41. The molecule has 5 nitrogen and oxygen atoms in total. The largest absolute Gasteiger partial charge is 0.490 e. The van der Waals surface area contributed by atoms with Crippen molar-refractivity contribution in [2.75, 3.05) is 6.61 Å². The first-order valence-electron chi connectivity index (χ1n) is 4.23. The molecule has 2 aromatic heterocycles. The van der Waals surface area contributed by atoms with E-state index in [1.807, 2.05) is 19.9 Å². The van der Waals surface area contributed by atoms with Crippen molar-refractivity contribution < 1.29 is 4.74 Å². The highest BCUT2D eigenvalue weighted by atomic mass is 127. The lowest BCUT2D eigenvalue weighted by molar-refractivity contribution is 0.341. The number of fused-ring (bicyclic) bond motifs is 1. The van der Waals surface area contributed by atoms with Crippen molar-refractivity contribution in [3.63, 3.8) is 0 Å². The van der Waals surface area contributed by atoms with Gasteiger partial charge in [-0.2, -0.15) is 9.61 Å². The van der Waals surface area contributed by atoms with E-state index in [4.69, 9.17) is 4.74 Å². The molecule has 0 spiro atoms. The van der Waals surface area contributed by atoms with Crippen LogP contribution in [0.1, 0.15) is 12.7 Å². The molecule has 0 N–H and O–H groups in total. The molecule has 0 aliphatic rings. The molecule has 0 amide bonds. The van der Waals surface area contributed by atoms with Crippen molar-refractivity contribution in [3.05, 3.63) is 15.6 Å². The molecular formula is C8H9IN4O. The van der Waals surface area contributed by atoms with E-state index < -0.39 is 0 Å². The lowest BCUT2D eigenvalue weighted by Gasteiger charge is -2.04. The van der Waals surface area contributed by atoms with Gasteiger partial charge < -0.3 is 4.74 Å². The first-order chi connectivity index (χ1) is 6.72. The van der Waals surface area contributed by atoms with Crippen LogP contribution < -0.4 is 4.74 Å². The minimum atomic E-state index is 0.613. The van der Waals surface area contributed by atoms with E-state index in [0.29, 0.717) is 12.3 Å². The van der Waals surface area contributed by atoms with Crippen LogP contribution in [0.15, 0.2) is 6.07 Å². The third kappa shape index (κ3) is 1.54. The fourth-order valence-corrected chi connectivity index (χ4v) is 1.69. The summed E-state index contributed by atoms with van der Waals surface area (Å²) in [7, 11) is 0. The lowest BCUT2D eigenvalue weighted by Crippen LogP contribution is -2.01. The van der Waals surface area contributed by atoms with Gasteiger partial charge in [0.2, 0.25) is 5.65 Å².